The third-order valence-corrected chi connectivity index (χ3v) is 5.99. The second-order valence-corrected chi connectivity index (χ2v) is 7.96. The van der Waals surface area contributed by atoms with Crippen LogP contribution in [0.15, 0.2) is 92.4 Å². The predicted octanol–water partition coefficient (Wildman–Crippen LogP) is 7.11. The molecule has 0 bridgehead atoms. The largest absolute Gasteiger partial charge is 0.0901 e. The van der Waals surface area contributed by atoms with E-state index in [1.807, 2.05) is 23.5 Å². The van der Waals surface area contributed by atoms with E-state index in [0.29, 0.717) is 0 Å². The van der Waals surface area contributed by atoms with Gasteiger partial charge in [0.1, 0.15) is 0 Å². The van der Waals surface area contributed by atoms with Crippen LogP contribution in [0.25, 0.3) is 0 Å². The Morgan fingerprint density at radius 1 is 0.458 bits per heavy atom. The zero-order valence-corrected chi connectivity index (χ0v) is 15.8. The molecule has 3 rings (SSSR count). The van der Waals surface area contributed by atoms with Gasteiger partial charge in [-0.05, 0) is 72.5 Å². The van der Waals surface area contributed by atoms with Gasteiger partial charge in [-0.2, -0.15) is 0 Å². The van der Waals surface area contributed by atoms with Crippen molar-refractivity contribution >= 4 is 23.5 Å². The molecule has 0 radical (unpaired) electrons. The van der Waals surface area contributed by atoms with Crippen molar-refractivity contribution in [2.45, 2.75) is 46.3 Å². The lowest BCUT2D eigenvalue weighted by molar-refractivity contribution is 1.13. The Labute approximate surface area is 153 Å². The summed E-state index contributed by atoms with van der Waals surface area (Å²) in [6.45, 7) is 4.38. The molecule has 0 aromatic heterocycles. The van der Waals surface area contributed by atoms with Crippen LogP contribution in [0, 0.1) is 0 Å². The number of benzene rings is 3. The van der Waals surface area contributed by atoms with Gasteiger partial charge in [0.05, 0.1) is 0 Å². The highest BCUT2D eigenvalue weighted by Crippen LogP contribution is 2.32. The first-order valence-electron chi connectivity index (χ1n) is 8.40. The number of rotatable bonds is 6. The Morgan fingerprint density at radius 2 is 0.708 bits per heavy atom. The van der Waals surface area contributed by atoms with Gasteiger partial charge < -0.3 is 0 Å². The van der Waals surface area contributed by atoms with E-state index in [9.17, 15) is 0 Å². The second kappa shape index (κ2) is 8.46. The van der Waals surface area contributed by atoms with E-state index in [2.05, 4.69) is 86.6 Å². The van der Waals surface area contributed by atoms with Crippen LogP contribution in [0.2, 0.25) is 0 Å². The van der Waals surface area contributed by atoms with Crippen LogP contribution in [0.5, 0.6) is 0 Å². The van der Waals surface area contributed by atoms with Gasteiger partial charge in [0.25, 0.3) is 0 Å². The number of hydrogen-bond donors (Lipinski definition) is 0. The molecule has 3 aromatic rings. The number of aryl methyl sites for hydroxylation is 2. The Kier molecular flexibility index (Phi) is 6.06. The van der Waals surface area contributed by atoms with Crippen LogP contribution in [-0.4, -0.2) is 0 Å². The first kappa shape index (κ1) is 17.2. The molecule has 3 aromatic carbocycles. The Bertz CT molecular complexity index is 688. The normalized spacial score (nSPS) is 10.8. The topological polar surface area (TPSA) is 0 Å². The standard InChI is InChI=1S/C22H22S2/c1-3-17-5-9-19(10-6-17)23-21-13-15-22(16-14-21)24-20-11-7-18(4-2)8-12-20/h5-16H,3-4H2,1-2H3. The lowest BCUT2D eigenvalue weighted by atomic mass is 10.2. The van der Waals surface area contributed by atoms with E-state index >= 15 is 0 Å². The number of hydrogen-bond acceptors (Lipinski definition) is 2. The molecule has 122 valence electrons. The zero-order chi connectivity index (χ0) is 16.8. The maximum atomic E-state index is 2.21. The monoisotopic (exact) mass is 350 g/mol. The first-order valence-corrected chi connectivity index (χ1v) is 10.0. The molecule has 0 nitrogen and oxygen atoms in total. The Morgan fingerprint density at radius 3 is 0.958 bits per heavy atom. The average molecular weight is 351 g/mol. The molecule has 0 spiro atoms. The summed E-state index contributed by atoms with van der Waals surface area (Å²) < 4.78 is 0. The summed E-state index contributed by atoms with van der Waals surface area (Å²) in [6, 6.07) is 26.5. The minimum atomic E-state index is 1.09. The smallest absolute Gasteiger partial charge is 0.0123 e. The summed E-state index contributed by atoms with van der Waals surface area (Å²) in [4.78, 5) is 5.15. The minimum Gasteiger partial charge on any atom is -0.0901 e. The molecule has 0 atom stereocenters. The summed E-state index contributed by atoms with van der Waals surface area (Å²) in [6.07, 6.45) is 2.19. The van der Waals surface area contributed by atoms with E-state index in [1.54, 1.807) is 0 Å². The molecule has 2 heteroatoms. The van der Waals surface area contributed by atoms with Crippen molar-refractivity contribution in [3.8, 4) is 0 Å². The fourth-order valence-corrected chi connectivity index (χ4v) is 4.07. The summed E-state index contributed by atoms with van der Waals surface area (Å²) in [5.74, 6) is 0. The predicted molar refractivity (Wildman–Crippen MR) is 106 cm³/mol. The molecule has 0 aliphatic rings. The molecule has 0 aliphatic carbocycles. The maximum absolute atomic E-state index is 2.21. The molecule has 0 saturated carbocycles. The van der Waals surface area contributed by atoms with Crippen LogP contribution >= 0.6 is 23.5 Å². The van der Waals surface area contributed by atoms with Gasteiger partial charge in [0.2, 0.25) is 0 Å². The van der Waals surface area contributed by atoms with Crippen molar-refractivity contribution in [3.63, 3.8) is 0 Å². The fourth-order valence-electron chi connectivity index (χ4n) is 2.43. The van der Waals surface area contributed by atoms with Crippen LogP contribution in [0.3, 0.4) is 0 Å². The van der Waals surface area contributed by atoms with Gasteiger partial charge in [-0.1, -0.05) is 61.6 Å². The van der Waals surface area contributed by atoms with E-state index in [1.165, 1.54) is 30.7 Å². The zero-order valence-electron chi connectivity index (χ0n) is 14.2. The lowest BCUT2D eigenvalue weighted by Crippen LogP contribution is -1.80. The van der Waals surface area contributed by atoms with Crippen molar-refractivity contribution in [1.29, 1.82) is 0 Å². The molecule has 0 unspecified atom stereocenters. The SMILES string of the molecule is CCc1ccc(Sc2ccc(Sc3ccc(CC)cc3)cc2)cc1. The van der Waals surface area contributed by atoms with Crippen molar-refractivity contribution in [3.05, 3.63) is 83.9 Å². The third kappa shape index (κ3) is 4.68. The van der Waals surface area contributed by atoms with Gasteiger partial charge in [-0.3, -0.25) is 0 Å². The molecule has 0 N–H and O–H groups in total. The van der Waals surface area contributed by atoms with Gasteiger partial charge >= 0.3 is 0 Å². The van der Waals surface area contributed by atoms with Crippen LogP contribution in [0.4, 0.5) is 0 Å². The van der Waals surface area contributed by atoms with Crippen LogP contribution < -0.4 is 0 Å². The Hall–Kier alpha value is -1.64. The molecule has 0 heterocycles. The van der Waals surface area contributed by atoms with E-state index in [4.69, 9.17) is 0 Å². The molecule has 0 saturated heterocycles. The first-order chi connectivity index (χ1) is 11.8. The van der Waals surface area contributed by atoms with Crippen LogP contribution in [-0.2, 0) is 12.8 Å². The third-order valence-electron chi connectivity index (χ3n) is 3.96. The molecule has 24 heavy (non-hydrogen) atoms. The van der Waals surface area contributed by atoms with Crippen molar-refractivity contribution in [2.75, 3.05) is 0 Å². The fraction of sp³-hybridized carbons (Fsp3) is 0.182. The summed E-state index contributed by atoms with van der Waals surface area (Å²) in [7, 11) is 0. The van der Waals surface area contributed by atoms with Crippen molar-refractivity contribution < 1.29 is 0 Å². The molecule has 0 fully saturated rings. The lowest BCUT2D eigenvalue weighted by Gasteiger charge is -2.06. The van der Waals surface area contributed by atoms with E-state index in [0.717, 1.165) is 12.8 Å². The highest BCUT2D eigenvalue weighted by Gasteiger charge is 2.01. The average Bonchev–Trinajstić information content (AvgIpc) is 2.65. The van der Waals surface area contributed by atoms with E-state index < -0.39 is 0 Å². The Balaban J connectivity index is 1.63. The summed E-state index contributed by atoms with van der Waals surface area (Å²) in [5, 5.41) is 0. The van der Waals surface area contributed by atoms with Gasteiger partial charge in [-0.25, -0.2) is 0 Å². The maximum Gasteiger partial charge on any atom is 0.0123 e. The van der Waals surface area contributed by atoms with Gasteiger partial charge in [-0.15, -0.1) is 0 Å². The van der Waals surface area contributed by atoms with E-state index in [-0.39, 0.29) is 0 Å². The van der Waals surface area contributed by atoms with Crippen molar-refractivity contribution in [1.82, 2.24) is 0 Å². The van der Waals surface area contributed by atoms with Crippen molar-refractivity contribution in [2.24, 2.45) is 0 Å². The molecular weight excluding hydrogens is 328 g/mol. The molecule has 0 amide bonds. The second-order valence-electron chi connectivity index (χ2n) is 5.67. The van der Waals surface area contributed by atoms with Gasteiger partial charge in [0.15, 0.2) is 0 Å². The van der Waals surface area contributed by atoms with Gasteiger partial charge in [0, 0.05) is 19.6 Å². The van der Waals surface area contributed by atoms with Crippen LogP contribution in [0.1, 0.15) is 25.0 Å². The highest BCUT2D eigenvalue weighted by molar-refractivity contribution is 7.99. The minimum absolute atomic E-state index is 1.09. The summed E-state index contributed by atoms with van der Waals surface area (Å²) >= 11 is 3.63. The molecule has 0 aliphatic heterocycles. The highest BCUT2D eigenvalue weighted by atomic mass is 32.2. The summed E-state index contributed by atoms with van der Waals surface area (Å²) in [5.41, 5.74) is 2.78. The quantitative estimate of drug-likeness (QED) is 0.464. The molecular formula is C22H22S2.